The number of aliphatic hydroxyl groups is 1. The number of anilines is 1. The van der Waals surface area contributed by atoms with Crippen LogP contribution in [0.2, 0.25) is 0 Å². The number of nitrogens with two attached hydrogens (primary N) is 1. The van der Waals surface area contributed by atoms with Gasteiger partial charge in [-0.2, -0.15) is 4.98 Å². The van der Waals surface area contributed by atoms with Crippen LogP contribution in [-0.4, -0.2) is 26.5 Å². The monoisotopic (exact) mass is 243 g/mol. The minimum absolute atomic E-state index is 0.0166. The van der Waals surface area contributed by atoms with Crippen LogP contribution in [0.15, 0.2) is 23.1 Å². The fourth-order valence-electron chi connectivity index (χ4n) is 1.39. The summed E-state index contributed by atoms with van der Waals surface area (Å²) in [6, 6.07) is 0. The van der Waals surface area contributed by atoms with E-state index in [0.29, 0.717) is 0 Å². The number of aromatic nitrogens is 2. The molecule has 0 aliphatic carbocycles. The van der Waals surface area contributed by atoms with Gasteiger partial charge in [0.1, 0.15) is 5.37 Å². The predicted octanol–water partition coefficient (Wildman–Crippen LogP) is 0.127. The largest absolute Gasteiger partial charge is 0.395 e. The lowest BCUT2D eigenvalue weighted by Crippen LogP contribution is -2.26. The quantitative estimate of drug-likeness (QED) is 0.721. The second-order valence-electron chi connectivity index (χ2n) is 3.30. The number of nitrogen functional groups attached to an aromatic ring is 1. The molecule has 0 amide bonds. The van der Waals surface area contributed by atoms with Gasteiger partial charge in [0.2, 0.25) is 0 Å². The second kappa shape index (κ2) is 4.26. The van der Waals surface area contributed by atoms with Crippen molar-refractivity contribution >= 4 is 17.6 Å². The summed E-state index contributed by atoms with van der Waals surface area (Å²) in [7, 11) is 0. The minimum Gasteiger partial charge on any atom is -0.395 e. The maximum absolute atomic E-state index is 13.2. The number of thioether (sulfide) groups is 1. The Balaban J connectivity index is 2.33. The van der Waals surface area contributed by atoms with E-state index < -0.39 is 17.3 Å². The maximum Gasteiger partial charge on any atom is 0.350 e. The number of hydrogen-bond donors (Lipinski definition) is 2. The van der Waals surface area contributed by atoms with E-state index in [-0.39, 0.29) is 17.2 Å². The Morgan fingerprint density at radius 2 is 2.38 bits per heavy atom. The summed E-state index contributed by atoms with van der Waals surface area (Å²) in [5.74, 6) is -1.12. The molecule has 7 heteroatoms. The molecule has 1 aliphatic rings. The molecule has 0 saturated carbocycles. The molecule has 5 nitrogen and oxygen atoms in total. The highest BCUT2D eigenvalue weighted by atomic mass is 32.2. The molecule has 0 unspecified atom stereocenters. The number of halogens is 1. The van der Waals surface area contributed by atoms with Crippen molar-refractivity contribution in [3.05, 3.63) is 34.7 Å². The third-order valence-electron chi connectivity index (χ3n) is 2.19. The Kier molecular flexibility index (Phi) is 2.97. The summed E-state index contributed by atoms with van der Waals surface area (Å²) in [6.45, 7) is -0.0166. The van der Waals surface area contributed by atoms with Crippen LogP contribution in [0, 0.1) is 5.82 Å². The Hall–Kier alpha value is -1.34. The first-order valence-corrected chi connectivity index (χ1v) is 5.55. The Bertz CT molecular complexity index is 488. The van der Waals surface area contributed by atoms with Crippen molar-refractivity contribution in [2.75, 3.05) is 12.3 Å². The highest BCUT2D eigenvalue weighted by Crippen LogP contribution is 2.34. The van der Waals surface area contributed by atoms with Crippen LogP contribution >= 0.6 is 11.8 Å². The third-order valence-corrected chi connectivity index (χ3v) is 3.51. The molecule has 16 heavy (non-hydrogen) atoms. The number of nitrogens with zero attached hydrogens (tertiary/aromatic N) is 2. The standard InChI is InChI=1S/C9H10FN3O2S/c10-6-3-13(9(15)12-8(6)11)7-2-1-5(4-14)16-7/h1-3,5,7,14H,4H2,(H2,11,12,15)/t5-,7+/m1/s1. The van der Waals surface area contributed by atoms with Crippen molar-refractivity contribution in [2.24, 2.45) is 0 Å². The molecular formula is C9H10FN3O2S. The summed E-state index contributed by atoms with van der Waals surface area (Å²) in [4.78, 5) is 14.8. The molecule has 0 saturated heterocycles. The van der Waals surface area contributed by atoms with Gasteiger partial charge in [-0.1, -0.05) is 12.2 Å². The molecule has 0 bridgehead atoms. The van der Waals surface area contributed by atoms with Gasteiger partial charge in [0, 0.05) is 11.4 Å². The van der Waals surface area contributed by atoms with E-state index in [0.717, 1.165) is 10.8 Å². The van der Waals surface area contributed by atoms with Crippen LogP contribution in [0.3, 0.4) is 0 Å². The molecular weight excluding hydrogens is 233 g/mol. The highest BCUT2D eigenvalue weighted by molar-refractivity contribution is 8.00. The fraction of sp³-hybridized carbons (Fsp3) is 0.333. The maximum atomic E-state index is 13.2. The summed E-state index contributed by atoms with van der Waals surface area (Å²) in [5, 5.41) is 8.52. The van der Waals surface area contributed by atoms with E-state index in [9.17, 15) is 9.18 Å². The van der Waals surface area contributed by atoms with Crippen LogP contribution in [-0.2, 0) is 0 Å². The third kappa shape index (κ3) is 1.96. The van der Waals surface area contributed by atoms with E-state index in [1.165, 1.54) is 11.8 Å². The normalized spacial score (nSPS) is 23.9. The molecule has 0 fully saturated rings. The second-order valence-corrected chi connectivity index (χ2v) is 4.66. The van der Waals surface area contributed by atoms with Crippen molar-refractivity contribution in [1.29, 1.82) is 0 Å². The van der Waals surface area contributed by atoms with Crippen LogP contribution < -0.4 is 11.4 Å². The summed E-state index contributed by atoms with van der Waals surface area (Å²) in [5.41, 5.74) is 4.58. The number of aliphatic hydroxyl groups excluding tert-OH is 1. The first-order chi connectivity index (χ1) is 7.61. The first kappa shape index (κ1) is 11.2. The van der Waals surface area contributed by atoms with Crippen LogP contribution in [0.1, 0.15) is 5.37 Å². The fourth-order valence-corrected chi connectivity index (χ4v) is 2.48. The lowest BCUT2D eigenvalue weighted by atomic mass is 10.4. The minimum atomic E-state index is -0.721. The van der Waals surface area contributed by atoms with Gasteiger partial charge in [0.15, 0.2) is 11.6 Å². The number of hydrogen-bond acceptors (Lipinski definition) is 5. The van der Waals surface area contributed by atoms with Crippen LogP contribution in [0.5, 0.6) is 0 Å². The Morgan fingerprint density at radius 1 is 1.62 bits per heavy atom. The van der Waals surface area contributed by atoms with Gasteiger partial charge < -0.3 is 10.8 Å². The molecule has 2 atom stereocenters. The Morgan fingerprint density at radius 3 is 3.00 bits per heavy atom. The van der Waals surface area contributed by atoms with Crippen LogP contribution in [0.4, 0.5) is 10.2 Å². The van der Waals surface area contributed by atoms with E-state index in [2.05, 4.69) is 4.98 Å². The lowest BCUT2D eigenvalue weighted by Gasteiger charge is -2.13. The molecule has 3 N–H and O–H groups in total. The van der Waals surface area contributed by atoms with E-state index in [4.69, 9.17) is 10.8 Å². The van der Waals surface area contributed by atoms with Crippen molar-refractivity contribution in [2.45, 2.75) is 10.6 Å². The van der Waals surface area contributed by atoms with E-state index in [1.54, 1.807) is 12.2 Å². The summed E-state index contributed by atoms with van der Waals surface area (Å²) >= 11 is 1.35. The molecule has 1 aliphatic heterocycles. The SMILES string of the molecule is Nc1nc(=O)n([C@@H]2C=C[C@H](CO)S2)cc1F. The van der Waals surface area contributed by atoms with Gasteiger partial charge in [0.25, 0.3) is 0 Å². The van der Waals surface area contributed by atoms with Gasteiger partial charge in [-0.25, -0.2) is 9.18 Å². The van der Waals surface area contributed by atoms with E-state index in [1.807, 2.05) is 0 Å². The smallest absolute Gasteiger partial charge is 0.350 e. The van der Waals surface area contributed by atoms with Gasteiger partial charge in [-0.3, -0.25) is 4.57 Å². The highest BCUT2D eigenvalue weighted by Gasteiger charge is 2.22. The zero-order valence-corrected chi connectivity index (χ0v) is 9.02. The van der Waals surface area contributed by atoms with E-state index >= 15 is 0 Å². The zero-order chi connectivity index (χ0) is 11.7. The Labute approximate surface area is 94.8 Å². The molecule has 86 valence electrons. The summed E-state index contributed by atoms with van der Waals surface area (Å²) in [6.07, 6.45) is 4.53. The summed E-state index contributed by atoms with van der Waals surface area (Å²) < 4.78 is 14.3. The molecule has 2 heterocycles. The van der Waals surface area contributed by atoms with Gasteiger partial charge >= 0.3 is 5.69 Å². The van der Waals surface area contributed by atoms with Gasteiger partial charge in [0.05, 0.1) is 6.61 Å². The van der Waals surface area contributed by atoms with Crippen molar-refractivity contribution in [1.82, 2.24) is 9.55 Å². The average molecular weight is 243 g/mol. The van der Waals surface area contributed by atoms with Crippen molar-refractivity contribution < 1.29 is 9.50 Å². The molecule has 0 radical (unpaired) electrons. The lowest BCUT2D eigenvalue weighted by molar-refractivity contribution is 0.307. The molecule has 1 aromatic heterocycles. The zero-order valence-electron chi connectivity index (χ0n) is 8.21. The molecule has 0 aromatic carbocycles. The molecule has 0 spiro atoms. The van der Waals surface area contributed by atoms with Crippen molar-refractivity contribution in [3.8, 4) is 0 Å². The topological polar surface area (TPSA) is 81.1 Å². The van der Waals surface area contributed by atoms with Crippen LogP contribution in [0.25, 0.3) is 0 Å². The van der Waals surface area contributed by atoms with Crippen molar-refractivity contribution in [3.63, 3.8) is 0 Å². The van der Waals surface area contributed by atoms with Gasteiger partial charge in [-0.05, 0) is 0 Å². The average Bonchev–Trinajstić information content (AvgIpc) is 2.71. The van der Waals surface area contributed by atoms with Gasteiger partial charge in [-0.15, -0.1) is 11.8 Å². The number of rotatable bonds is 2. The predicted molar refractivity (Wildman–Crippen MR) is 59.5 cm³/mol. The first-order valence-electron chi connectivity index (χ1n) is 4.60. The molecule has 2 rings (SSSR count). The molecule has 1 aromatic rings.